The average molecular weight is 414 g/mol. The first-order valence-electron chi connectivity index (χ1n) is 9.79. The highest BCUT2D eigenvalue weighted by Crippen LogP contribution is 2.22. The normalized spacial score (nSPS) is 11.3. The van der Waals surface area contributed by atoms with Gasteiger partial charge in [0.05, 0.1) is 17.7 Å². The minimum atomic E-state index is -0.994. The van der Waals surface area contributed by atoms with E-state index < -0.39 is 18.0 Å². The fourth-order valence-corrected chi connectivity index (χ4v) is 2.96. The van der Waals surface area contributed by atoms with Gasteiger partial charge in [-0.15, -0.1) is 0 Å². The zero-order valence-corrected chi connectivity index (χ0v) is 17.0. The first kappa shape index (κ1) is 21.6. The second-order valence-corrected chi connectivity index (χ2v) is 6.82. The Hall–Kier alpha value is -4.11. The minimum absolute atomic E-state index is 0.343. The Morgan fingerprint density at radius 1 is 0.903 bits per heavy atom. The molecular weight excluding hydrogens is 392 g/mol. The van der Waals surface area contributed by atoms with E-state index in [9.17, 15) is 9.59 Å². The van der Waals surface area contributed by atoms with Gasteiger partial charge in [0.25, 0.3) is 5.91 Å². The van der Waals surface area contributed by atoms with Crippen LogP contribution in [0.4, 0.5) is 0 Å². The Kier molecular flexibility index (Phi) is 7.39. The molecule has 0 spiro atoms. The summed E-state index contributed by atoms with van der Waals surface area (Å²) in [6.07, 6.45) is -0.994. The summed E-state index contributed by atoms with van der Waals surface area (Å²) in [5.74, 6) is -0.645. The number of esters is 1. The van der Waals surface area contributed by atoms with Crippen molar-refractivity contribution in [1.82, 2.24) is 5.32 Å². The molecule has 0 fully saturated rings. The topological polar surface area (TPSA) is 88.4 Å². The average Bonchev–Trinajstić information content (AvgIpc) is 2.82. The van der Waals surface area contributed by atoms with Gasteiger partial charge < -0.3 is 14.8 Å². The molecule has 1 atom stereocenters. The van der Waals surface area contributed by atoms with Crippen molar-refractivity contribution in [2.45, 2.75) is 19.1 Å². The Bertz CT molecular complexity index is 1000. The van der Waals surface area contributed by atoms with E-state index in [-0.39, 0.29) is 12.6 Å². The molecule has 0 aliphatic carbocycles. The van der Waals surface area contributed by atoms with E-state index in [1.165, 1.54) is 6.92 Å². The summed E-state index contributed by atoms with van der Waals surface area (Å²) in [4.78, 5) is 24.8. The highest BCUT2D eigenvalue weighted by Gasteiger charge is 2.23. The number of hydrogen-bond acceptors (Lipinski definition) is 5. The van der Waals surface area contributed by atoms with Crippen molar-refractivity contribution in [3.8, 4) is 11.8 Å². The first-order chi connectivity index (χ1) is 15.1. The van der Waals surface area contributed by atoms with Crippen molar-refractivity contribution >= 4 is 11.9 Å². The second kappa shape index (κ2) is 10.6. The maximum Gasteiger partial charge on any atom is 0.344 e. The molecule has 0 aliphatic heterocycles. The molecule has 31 heavy (non-hydrogen) atoms. The van der Waals surface area contributed by atoms with Gasteiger partial charge in [0.2, 0.25) is 0 Å². The van der Waals surface area contributed by atoms with Gasteiger partial charge in [0.15, 0.2) is 12.7 Å². The van der Waals surface area contributed by atoms with Crippen LogP contribution in [0.1, 0.15) is 29.7 Å². The molecule has 6 nitrogen and oxygen atoms in total. The van der Waals surface area contributed by atoms with E-state index in [4.69, 9.17) is 14.7 Å². The predicted molar refractivity (Wildman–Crippen MR) is 115 cm³/mol. The number of benzene rings is 3. The molecule has 1 amide bonds. The molecule has 156 valence electrons. The molecule has 0 aromatic heterocycles. The molecule has 6 heteroatoms. The van der Waals surface area contributed by atoms with Crippen LogP contribution >= 0.6 is 0 Å². The molecule has 0 saturated heterocycles. The number of amides is 1. The highest BCUT2D eigenvalue weighted by atomic mass is 16.6. The second-order valence-electron chi connectivity index (χ2n) is 6.82. The summed E-state index contributed by atoms with van der Waals surface area (Å²) in [7, 11) is 0. The maximum atomic E-state index is 12.7. The van der Waals surface area contributed by atoms with Crippen molar-refractivity contribution in [2.75, 3.05) is 6.61 Å². The van der Waals surface area contributed by atoms with Crippen LogP contribution in [-0.2, 0) is 14.3 Å². The van der Waals surface area contributed by atoms with Gasteiger partial charge in [0, 0.05) is 0 Å². The van der Waals surface area contributed by atoms with Crippen molar-refractivity contribution < 1.29 is 19.1 Å². The fourth-order valence-electron chi connectivity index (χ4n) is 2.96. The third-order valence-corrected chi connectivity index (χ3v) is 4.57. The third-order valence-electron chi connectivity index (χ3n) is 4.57. The highest BCUT2D eigenvalue weighted by molar-refractivity contribution is 5.84. The van der Waals surface area contributed by atoms with Gasteiger partial charge in [-0.2, -0.15) is 5.26 Å². The Morgan fingerprint density at radius 3 is 1.97 bits per heavy atom. The zero-order valence-electron chi connectivity index (χ0n) is 17.0. The van der Waals surface area contributed by atoms with Crippen LogP contribution in [0.15, 0.2) is 84.9 Å². The molecule has 1 N–H and O–H groups in total. The van der Waals surface area contributed by atoms with Crippen LogP contribution in [0.2, 0.25) is 0 Å². The van der Waals surface area contributed by atoms with E-state index in [2.05, 4.69) is 5.32 Å². The van der Waals surface area contributed by atoms with Crippen molar-refractivity contribution in [3.63, 3.8) is 0 Å². The number of hydrogen-bond donors (Lipinski definition) is 1. The summed E-state index contributed by atoms with van der Waals surface area (Å²) >= 11 is 0. The van der Waals surface area contributed by atoms with E-state index in [0.717, 1.165) is 11.1 Å². The standard InChI is InChI=1S/C25H22N2O4/c1-18(31-23(28)17-30-22-14-12-19(16-26)13-15-22)25(29)27-24(20-8-4-2-5-9-20)21-10-6-3-7-11-21/h2-15,18,24H,17H2,1H3,(H,27,29)/t18-/m1/s1. The van der Waals surface area contributed by atoms with Gasteiger partial charge in [-0.25, -0.2) is 4.79 Å². The van der Waals surface area contributed by atoms with Crippen LogP contribution in [0.3, 0.4) is 0 Å². The van der Waals surface area contributed by atoms with Crippen LogP contribution in [-0.4, -0.2) is 24.6 Å². The minimum Gasteiger partial charge on any atom is -0.482 e. The van der Waals surface area contributed by atoms with Crippen molar-refractivity contribution in [1.29, 1.82) is 5.26 Å². The monoisotopic (exact) mass is 414 g/mol. The Balaban J connectivity index is 1.58. The zero-order chi connectivity index (χ0) is 22.1. The lowest BCUT2D eigenvalue weighted by Gasteiger charge is -2.22. The van der Waals surface area contributed by atoms with Crippen LogP contribution in [0, 0.1) is 11.3 Å². The summed E-state index contributed by atoms with van der Waals surface area (Å²) in [5.41, 5.74) is 2.33. The maximum absolute atomic E-state index is 12.7. The third kappa shape index (κ3) is 6.18. The fraction of sp³-hybridized carbons (Fsp3) is 0.160. The SMILES string of the molecule is C[C@@H](OC(=O)COc1ccc(C#N)cc1)C(=O)NC(c1ccccc1)c1ccccc1. The number of ether oxygens (including phenoxy) is 2. The molecule has 3 rings (SSSR count). The molecule has 0 radical (unpaired) electrons. The smallest absolute Gasteiger partial charge is 0.344 e. The van der Waals surface area contributed by atoms with Crippen molar-refractivity contribution in [2.24, 2.45) is 0 Å². The predicted octanol–water partition coefficient (Wildman–Crippen LogP) is 3.77. The molecule has 3 aromatic carbocycles. The first-order valence-corrected chi connectivity index (χ1v) is 9.79. The Morgan fingerprint density at radius 2 is 1.45 bits per heavy atom. The number of carbonyl (C=O) groups excluding carboxylic acids is 2. The summed E-state index contributed by atoms with van der Waals surface area (Å²) < 4.78 is 10.6. The van der Waals surface area contributed by atoms with Crippen LogP contribution < -0.4 is 10.1 Å². The number of nitrogens with one attached hydrogen (secondary N) is 1. The molecular formula is C25H22N2O4. The van der Waals surface area contributed by atoms with Gasteiger partial charge in [-0.05, 0) is 42.3 Å². The van der Waals surface area contributed by atoms with E-state index >= 15 is 0 Å². The van der Waals surface area contributed by atoms with E-state index in [0.29, 0.717) is 11.3 Å². The van der Waals surface area contributed by atoms with Crippen molar-refractivity contribution in [3.05, 3.63) is 102 Å². The van der Waals surface area contributed by atoms with Gasteiger partial charge >= 0.3 is 5.97 Å². The number of nitriles is 1. The number of carbonyl (C=O) groups is 2. The lowest BCUT2D eigenvalue weighted by atomic mass is 9.98. The quantitative estimate of drug-likeness (QED) is 0.567. The number of rotatable bonds is 8. The molecule has 0 bridgehead atoms. The molecule has 0 aliphatic rings. The number of nitrogens with zero attached hydrogens (tertiary/aromatic N) is 1. The summed E-state index contributed by atoms with van der Waals surface area (Å²) in [6, 6.07) is 27.1. The summed E-state index contributed by atoms with van der Waals surface area (Å²) in [6.45, 7) is 1.17. The molecule has 0 saturated carbocycles. The molecule has 0 heterocycles. The largest absolute Gasteiger partial charge is 0.482 e. The molecule has 3 aromatic rings. The lowest BCUT2D eigenvalue weighted by molar-refractivity contribution is -0.156. The van der Waals surface area contributed by atoms with Crippen LogP contribution in [0.5, 0.6) is 5.75 Å². The van der Waals surface area contributed by atoms with Crippen LogP contribution in [0.25, 0.3) is 0 Å². The lowest BCUT2D eigenvalue weighted by Crippen LogP contribution is -2.39. The molecule has 0 unspecified atom stereocenters. The van der Waals surface area contributed by atoms with E-state index in [1.807, 2.05) is 66.7 Å². The summed E-state index contributed by atoms with van der Waals surface area (Å²) in [5, 5.41) is 11.8. The Labute approximate surface area is 181 Å². The van der Waals surface area contributed by atoms with Gasteiger partial charge in [-0.3, -0.25) is 4.79 Å². The van der Waals surface area contributed by atoms with Gasteiger partial charge in [0.1, 0.15) is 5.75 Å². The van der Waals surface area contributed by atoms with E-state index in [1.54, 1.807) is 24.3 Å². The van der Waals surface area contributed by atoms with Gasteiger partial charge in [-0.1, -0.05) is 60.7 Å².